The predicted octanol–water partition coefficient (Wildman–Crippen LogP) is 1.29. The number of aliphatic imine (C=N–C) groups is 1. The van der Waals surface area contributed by atoms with Crippen molar-refractivity contribution in [2.45, 2.75) is 39.9 Å². The van der Waals surface area contributed by atoms with Crippen LogP contribution in [0.15, 0.2) is 4.99 Å². The number of hydrogen-bond acceptors (Lipinski definition) is 3. The van der Waals surface area contributed by atoms with E-state index in [1.165, 1.54) is 11.8 Å². The third-order valence-electron chi connectivity index (χ3n) is 4.22. The van der Waals surface area contributed by atoms with E-state index in [4.69, 9.17) is 0 Å². The molecule has 1 aliphatic heterocycles. The molecule has 1 heterocycles. The van der Waals surface area contributed by atoms with Gasteiger partial charge in [-0.1, -0.05) is 20.8 Å². The number of carbonyl (C=O) groups is 1. The first-order valence-electron chi connectivity index (χ1n) is 8.51. The van der Waals surface area contributed by atoms with E-state index in [-0.39, 0.29) is 5.91 Å². The van der Waals surface area contributed by atoms with Crippen molar-refractivity contribution < 1.29 is 18.0 Å². The van der Waals surface area contributed by atoms with E-state index in [1.54, 1.807) is 7.05 Å². The fraction of sp³-hybridized carbons (Fsp3) is 0.875. The summed E-state index contributed by atoms with van der Waals surface area (Å²) in [5.41, 5.74) is -0.437. The maximum absolute atomic E-state index is 12.8. The Morgan fingerprint density at radius 3 is 2.04 bits per heavy atom. The standard InChI is InChI=1S/C16H30F3N5O/c1-12(16(17,18)19)23-8-10-24(11-9-23)14(20-5)22-7-6-21-13(25)15(2,3)4/h12H,6-11H2,1-5H3,(H,20,22)(H,21,25). The van der Waals surface area contributed by atoms with Crippen LogP contribution in [0.1, 0.15) is 27.7 Å². The van der Waals surface area contributed by atoms with Crippen molar-refractivity contribution in [1.29, 1.82) is 0 Å². The normalized spacial score (nSPS) is 18.9. The molecule has 9 heteroatoms. The minimum absolute atomic E-state index is 0.0287. The van der Waals surface area contributed by atoms with Crippen LogP contribution in [0.5, 0.6) is 0 Å². The number of rotatable bonds is 4. The fourth-order valence-electron chi connectivity index (χ4n) is 2.48. The second kappa shape index (κ2) is 8.73. The lowest BCUT2D eigenvalue weighted by atomic mass is 9.96. The summed E-state index contributed by atoms with van der Waals surface area (Å²) in [6.07, 6.45) is -4.20. The summed E-state index contributed by atoms with van der Waals surface area (Å²) in [6.45, 7) is 9.32. The summed E-state index contributed by atoms with van der Waals surface area (Å²) in [7, 11) is 1.64. The van der Waals surface area contributed by atoms with Gasteiger partial charge in [-0.3, -0.25) is 14.7 Å². The van der Waals surface area contributed by atoms with Gasteiger partial charge in [-0.05, 0) is 6.92 Å². The van der Waals surface area contributed by atoms with Gasteiger partial charge < -0.3 is 15.5 Å². The van der Waals surface area contributed by atoms with Crippen LogP contribution in [0.4, 0.5) is 13.2 Å². The smallest absolute Gasteiger partial charge is 0.354 e. The Morgan fingerprint density at radius 1 is 1.08 bits per heavy atom. The van der Waals surface area contributed by atoms with Crippen molar-refractivity contribution in [2.75, 3.05) is 46.3 Å². The van der Waals surface area contributed by atoms with Crippen LogP contribution in [0.2, 0.25) is 0 Å². The van der Waals surface area contributed by atoms with Crippen LogP contribution in [0.3, 0.4) is 0 Å². The summed E-state index contributed by atoms with van der Waals surface area (Å²) < 4.78 is 38.4. The number of hydrogen-bond donors (Lipinski definition) is 2. The molecule has 0 aliphatic carbocycles. The molecule has 1 fully saturated rings. The molecule has 146 valence electrons. The largest absolute Gasteiger partial charge is 0.403 e. The zero-order chi connectivity index (χ0) is 19.3. The van der Waals surface area contributed by atoms with Gasteiger partial charge in [-0.2, -0.15) is 13.2 Å². The Balaban J connectivity index is 2.39. The SMILES string of the molecule is CN=C(NCCNC(=O)C(C)(C)C)N1CCN(C(C)C(F)(F)F)CC1. The highest BCUT2D eigenvalue weighted by molar-refractivity contribution is 5.82. The van der Waals surface area contributed by atoms with Gasteiger partial charge in [0.15, 0.2) is 5.96 Å². The summed E-state index contributed by atoms with van der Waals surface area (Å²) in [4.78, 5) is 19.3. The van der Waals surface area contributed by atoms with Crippen LogP contribution < -0.4 is 10.6 Å². The summed E-state index contributed by atoms with van der Waals surface area (Å²) >= 11 is 0. The van der Waals surface area contributed by atoms with Crippen molar-refractivity contribution in [2.24, 2.45) is 10.4 Å². The van der Waals surface area contributed by atoms with Gasteiger partial charge in [0, 0.05) is 51.7 Å². The molecule has 1 unspecified atom stereocenters. The van der Waals surface area contributed by atoms with Gasteiger partial charge in [0.1, 0.15) is 6.04 Å². The summed E-state index contributed by atoms with van der Waals surface area (Å²) in [5.74, 6) is 0.614. The molecule has 2 N–H and O–H groups in total. The first-order chi connectivity index (χ1) is 11.5. The maximum atomic E-state index is 12.8. The molecule has 1 saturated heterocycles. The van der Waals surface area contributed by atoms with Crippen molar-refractivity contribution in [1.82, 2.24) is 20.4 Å². The molecule has 1 rings (SSSR count). The molecule has 0 aromatic heterocycles. The monoisotopic (exact) mass is 365 g/mol. The van der Waals surface area contributed by atoms with E-state index in [9.17, 15) is 18.0 Å². The van der Waals surface area contributed by atoms with Crippen molar-refractivity contribution >= 4 is 11.9 Å². The van der Waals surface area contributed by atoms with E-state index in [1.807, 2.05) is 25.7 Å². The van der Waals surface area contributed by atoms with E-state index < -0.39 is 17.6 Å². The third-order valence-corrected chi connectivity index (χ3v) is 4.22. The zero-order valence-corrected chi connectivity index (χ0v) is 15.7. The number of halogens is 3. The molecule has 1 amide bonds. The van der Waals surface area contributed by atoms with Gasteiger partial charge >= 0.3 is 6.18 Å². The molecule has 0 saturated carbocycles. The first kappa shape index (κ1) is 21.5. The van der Waals surface area contributed by atoms with Crippen molar-refractivity contribution in [3.8, 4) is 0 Å². The number of alkyl halides is 3. The molecule has 0 aromatic rings. The Hall–Kier alpha value is -1.51. The van der Waals surface area contributed by atoms with Gasteiger partial charge in [0.2, 0.25) is 5.91 Å². The predicted molar refractivity (Wildman–Crippen MR) is 92.5 cm³/mol. The molecular weight excluding hydrogens is 335 g/mol. The number of nitrogens with zero attached hydrogens (tertiary/aromatic N) is 3. The van der Waals surface area contributed by atoms with Crippen molar-refractivity contribution in [3.63, 3.8) is 0 Å². The van der Waals surface area contributed by atoms with Gasteiger partial charge in [0.25, 0.3) is 0 Å². The lowest BCUT2D eigenvalue weighted by molar-refractivity contribution is -0.181. The second-order valence-electron chi connectivity index (χ2n) is 7.22. The Kier molecular flexibility index (Phi) is 7.52. The van der Waals surface area contributed by atoms with E-state index >= 15 is 0 Å². The van der Waals surface area contributed by atoms with E-state index in [0.717, 1.165) is 0 Å². The van der Waals surface area contributed by atoms with E-state index in [2.05, 4.69) is 15.6 Å². The molecule has 1 aliphatic rings. The van der Waals surface area contributed by atoms with Crippen LogP contribution in [-0.2, 0) is 4.79 Å². The Morgan fingerprint density at radius 2 is 1.60 bits per heavy atom. The van der Waals surface area contributed by atoms with Crippen LogP contribution in [0, 0.1) is 5.41 Å². The number of carbonyl (C=O) groups excluding carboxylic acids is 1. The highest BCUT2D eigenvalue weighted by Crippen LogP contribution is 2.25. The highest BCUT2D eigenvalue weighted by Gasteiger charge is 2.41. The number of nitrogens with one attached hydrogen (secondary N) is 2. The zero-order valence-electron chi connectivity index (χ0n) is 15.7. The van der Waals surface area contributed by atoms with Crippen molar-refractivity contribution in [3.05, 3.63) is 0 Å². The molecule has 1 atom stereocenters. The number of piperazine rings is 1. The maximum Gasteiger partial charge on any atom is 0.403 e. The molecule has 0 aromatic carbocycles. The minimum Gasteiger partial charge on any atom is -0.354 e. The molecular formula is C16H30F3N5O. The van der Waals surface area contributed by atoms with Crippen LogP contribution >= 0.6 is 0 Å². The minimum atomic E-state index is -4.20. The highest BCUT2D eigenvalue weighted by atomic mass is 19.4. The molecule has 25 heavy (non-hydrogen) atoms. The number of amides is 1. The van der Waals surface area contributed by atoms with Gasteiger partial charge in [0.05, 0.1) is 0 Å². The molecule has 6 nitrogen and oxygen atoms in total. The van der Waals surface area contributed by atoms with Crippen LogP contribution in [0.25, 0.3) is 0 Å². The van der Waals surface area contributed by atoms with Gasteiger partial charge in [-0.15, -0.1) is 0 Å². The van der Waals surface area contributed by atoms with Gasteiger partial charge in [-0.25, -0.2) is 0 Å². The lowest BCUT2D eigenvalue weighted by Crippen LogP contribution is -2.57. The molecule has 0 bridgehead atoms. The van der Waals surface area contributed by atoms with E-state index in [0.29, 0.717) is 45.2 Å². The molecule has 0 radical (unpaired) electrons. The Bertz CT molecular complexity index is 465. The fourth-order valence-corrected chi connectivity index (χ4v) is 2.48. The average molecular weight is 365 g/mol. The average Bonchev–Trinajstić information content (AvgIpc) is 2.52. The first-order valence-corrected chi connectivity index (χ1v) is 8.51. The second-order valence-corrected chi connectivity index (χ2v) is 7.22. The summed E-state index contributed by atoms with van der Waals surface area (Å²) in [6, 6.07) is -1.43. The quantitative estimate of drug-likeness (QED) is 0.448. The lowest BCUT2D eigenvalue weighted by Gasteiger charge is -2.39. The third kappa shape index (κ3) is 6.72. The Labute approximate surface area is 147 Å². The van der Waals surface area contributed by atoms with Crippen LogP contribution in [-0.4, -0.2) is 80.2 Å². The number of guanidine groups is 1. The topological polar surface area (TPSA) is 60.0 Å². The molecule has 0 spiro atoms. The summed E-state index contributed by atoms with van der Waals surface area (Å²) in [5, 5.41) is 5.98.